The first-order chi connectivity index (χ1) is 7.61. The van der Waals surface area contributed by atoms with Crippen LogP contribution in [0.2, 0.25) is 0 Å². The number of aromatic carboxylic acids is 2. The van der Waals surface area contributed by atoms with E-state index in [0.29, 0.717) is 0 Å². The fraction of sp³-hybridized carbons (Fsp3) is 0. The number of furan rings is 2. The Balaban J connectivity index is 0.000000160. The number of carbonyl (C=O) groups is 2. The van der Waals surface area contributed by atoms with E-state index in [-0.39, 0.29) is 11.5 Å². The summed E-state index contributed by atoms with van der Waals surface area (Å²) in [5.41, 5.74) is 0. The number of hydrogen-bond donors (Lipinski definition) is 2. The SMILES string of the molecule is O=C(O)c1ccco1.O=C(O)c1ccco1. The molecule has 6 nitrogen and oxygen atoms in total. The highest BCUT2D eigenvalue weighted by atomic mass is 16.4. The van der Waals surface area contributed by atoms with Gasteiger partial charge in [0, 0.05) is 0 Å². The Morgan fingerprint density at radius 2 is 1.25 bits per heavy atom. The van der Waals surface area contributed by atoms with E-state index in [1.165, 1.54) is 36.8 Å². The molecule has 0 aliphatic rings. The van der Waals surface area contributed by atoms with Crippen molar-refractivity contribution >= 4 is 11.9 Å². The molecule has 6 heteroatoms. The van der Waals surface area contributed by atoms with Gasteiger partial charge in [0.15, 0.2) is 0 Å². The van der Waals surface area contributed by atoms with Crippen LogP contribution in [0, 0.1) is 0 Å². The molecule has 0 aliphatic carbocycles. The molecular weight excluding hydrogens is 216 g/mol. The second-order valence-corrected chi connectivity index (χ2v) is 2.56. The second-order valence-electron chi connectivity index (χ2n) is 2.56. The maximum absolute atomic E-state index is 9.97. The molecule has 0 radical (unpaired) electrons. The van der Waals surface area contributed by atoms with Gasteiger partial charge in [0.25, 0.3) is 0 Å². The molecule has 0 amide bonds. The monoisotopic (exact) mass is 224 g/mol. The summed E-state index contributed by atoms with van der Waals surface area (Å²) in [5, 5.41) is 16.4. The molecule has 84 valence electrons. The quantitative estimate of drug-likeness (QED) is 0.808. The fourth-order valence-corrected chi connectivity index (χ4v) is 0.800. The van der Waals surface area contributed by atoms with Gasteiger partial charge in [-0.1, -0.05) is 0 Å². The van der Waals surface area contributed by atoms with E-state index in [1.54, 1.807) is 0 Å². The van der Waals surface area contributed by atoms with E-state index in [0.717, 1.165) is 0 Å². The molecule has 0 unspecified atom stereocenters. The first kappa shape index (κ1) is 11.6. The van der Waals surface area contributed by atoms with E-state index in [2.05, 4.69) is 8.83 Å². The lowest BCUT2D eigenvalue weighted by Gasteiger charge is -1.79. The summed E-state index contributed by atoms with van der Waals surface area (Å²) in [5.74, 6) is -2.11. The lowest BCUT2D eigenvalue weighted by atomic mass is 10.5. The summed E-state index contributed by atoms with van der Waals surface area (Å²) in [6.07, 6.45) is 2.65. The Kier molecular flexibility index (Phi) is 3.90. The molecule has 2 N–H and O–H groups in total. The van der Waals surface area contributed by atoms with E-state index < -0.39 is 11.9 Å². The van der Waals surface area contributed by atoms with Gasteiger partial charge in [-0.25, -0.2) is 9.59 Å². The zero-order valence-electron chi connectivity index (χ0n) is 7.99. The Labute approximate surface area is 89.7 Å². The van der Waals surface area contributed by atoms with Gasteiger partial charge in [0.05, 0.1) is 12.5 Å². The molecule has 0 aliphatic heterocycles. The van der Waals surface area contributed by atoms with Crippen molar-refractivity contribution < 1.29 is 28.6 Å². The number of rotatable bonds is 2. The summed E-state index contributed by atoms with van der Waals surface area (Å²) < 4.78 is 8.99. The average molecular weight is 224 g/mol. The average Bonchev–Trinajstić information content (AvgIpc) is 2.93. The zero-order valence-corrected chi connectivity index (χ0v) is 7.99. The summed E-state index contributed by atoms with van der Waals surface area (Å²) in [4.78, 5) is 19.9. The second kappa shape index (κ2) is 5.40. The smallest absolute Gasteiger partial charge is 0.371 e. The maximum atomic E-state index is 9.97. The third-order valence-electron chi connectivity index (χ3n) is 1.46. The number of carboxylic acids is 2. The predicted octanol–water partition coefficient (Wildman–Crippen LogP) is 1.96. The van der Waals surface area contributed by atoms with Crippen molar-refractivity contribution in [2.75, 3.05) is 0 Å². The maximum Gasteiger partial charge on any atom is 0.371 e. The Bertz CT molecular complexity index is 395. The highest BCUT2D eigenvalue weighted by Gasteiger charge is 2.02. The lowest BCUT2D eigenvalue weighted by Crippen LogP contribution is -1.90. The summed E-state index contributed by atoms with van der Waals surface area (Å²) in [7, 11) is 0. The van der Waals surface area contributed by atoms with E-state index in [1.807, 2.05) is 0 Å². The molecule has 2 heterocycles. The van der Waals surface area contributed by atoms with Crippen LogP contribution in [0.1, 0.15) is 21.1 Å². The largest absolute Gasteiger partial charge is 0.475 e. The molecule has 0 aromatic carbocycles. The summed E-state index contributed by atoms with van der Waals surface area (Å²) in [6.45, 7) is 0. The lowest BCUT2D eigenvalue weighted by molar-refractivity contribution is 0.0652. The number of hydrogen-bond acceptors (Lipinski definition) is 4. The van der Waals surface area contributed by atoms with Crippen molar-refractivity contribution in [3.63, 3.8) is 0 Å². The van der Waals surface area contributed by atoms with Gasteiger partial charge < -0.3 is 19.0 Å². The van der Waals surface area contributed by atoms with Gasteiger partial charge in [-0.15, -0.1) is 0 Å². The van der Waals surface area contributed by atoms with Gasteiger partial charge in [-0.3, -0.25) is 0 Å². The minimum atomic E-state index is -1.03. The molecule has 0 spiro atoms. The molecule has 0 fully saturated rings. The van der Waals surface area contributed by atoms with Crippen LogP contribution < -0.4 is 0 Å². The molecule has 0 saturated heterocycles. The van der Waals surface area contributed by atoms with Gasteiger partial charge in [0.2, 0.25) is 11.5 Å². The van der Waals surface area contributed by atoms with Crippen LogP contribution in [-0.4, -0.2) is 22.2 Å². The predicted molar refractivity (Wildman–Crippen MR) is 51.3 cm³/mol. The molecule has 2 aromatic rings. The minimum absolute atomic E-state index is 0.0231. The Morgan fingerprint density at radius 1 is 0.875 bits per heavy atom. The summed E-state index contributed by atoms with van der Waals surface area (Å²) in [6, 6.07) is 5.84. The van der Waals surface area contributed by atoms with E-state index in [4.69, 9.17) is 10.2 Å². The van der Waals surface area contributed by atoms with Crippen molar-refractivity contribution in [1.82, 2.24) is 0 Å². The minimum Gasteiger partial charge on any atom is -0.475 e. The van der Waals surface area contributed by atoms with Gasteiger partial charge >= 0.3 is 11.9 Å². The molecule has 16 heavy (non-hydrogen) atoms. The van der Waals surface area contributed by atoms with Crippen LogP contribution in [0.5, 0.6) is 0 Å². The molecule has 2 aromatic heterocycles. The molecule has 0 saturated carbocycles. The van der Waals surface area contributed by atoms with Crippen molar-refractivity contribution in [3.8, 4) is 0 Å². The molecule has 2 rings (SSSR count). The van der Waals surface area contributed by atoms with Crippen LogP contribution in [0.25, 0.3) is 0 Å². The van der Waals surface area contributed by atoms with Gasteiger partial charge in [-0.2, -0.15) is 0 Å². The van der Waals surface area contributed by atoms with Crippen LogP contribution in [0.3, 0.4) is 0 Å². The van der Waals surface area contributed by atoms with E-state index >= 15 is 0 Å². The first-order valence-corrected chi connectivity index (χ1v) is 4.15. The summed E-state index contributed by atoms with van der Waals surface area (Å²) >= 11 is 0. The highest BCUT2D eigenvalue weighted by Crippen LogP contribution is 1.98. The Hall–Kier alpha value is -2.50. The van der Waals surface area contributed by atoms with Crippen LogP contribution in [0.4, 0.5) is 0 Å². The first-order valence-electron chi connectivity index (χ1n) is 4.15. The highest BCUT2D eigenvalue weighted by molar-refractivity contribution is 5.84. The van der Waals surface area contributed by atoms with Crippen molar-refractivity contribution in [2.24, 2.45) is 0 Å². The third kappa shape index (κ3) is 3.33. The van der Waals surface area contributed by atoms with Gasteiger partial charge in [0.1, 0.15) is 0 Å². The number of carboxylic acid groups (broad SMARTS) is 2. The van der Waals surface area contributed by atoms with Gasteiger partial charge in [-0.05, 0) is 24.3 Å². The fourth-order valence-electron chi connectivity index (χ4n) is 0.800. The molecule has 0 atom stereocenters. The van der Waals surface area contributed by atoms with Crippen molar-refractivity contribution in [1.29, 1.82) is 0 Å². The van der Waals surface area contributed by atoms with Crippen LogP contribution >= 0.6 is 0 Å². The van der Waals surface area contributed by atoms with Crippen molar-refractivity contribution in [2.45, 2.75) is 0 Å². The Morgan fingerprint density at radius 3 is 1.38 bits per heavy atom. The third-order valence-corrected chi connectivity index (χ3v) is 1.46. The topological polar surface area (TPSA) is 101 Å². The zero-order chi connectivity index (χ0) is 12.0. The standard InChI is InChI=1S/2C5H4O3/c2*6-5(7)4-2-1-3-8-4/h2*1-3H,(H,6,7). The van der Waals surface area contributed by atoms with Crippen LogP contribution in [0.15, 0.2) is 45.6 Å². The van der Waals surface area contributed by atoms with Crippen molar-refractivity contribution in [3.05, 3.63) is 48.3 Å². The normalized spacial score (nSPS) is 9.00. The molecule has 0 bridgehead atoms. The van der Waals surface area contributed by atoms with Crippen LogP contribution in [-0.2, 0) is 0 Å². The molecular formula is C10H8O6. The van der Waals surface area contributed by atoms with E-state index in [9.17, 15) is 9.59 Å².